The summed E-state index contributed by atoms with van der Waals surface area (Å²) in [4.78, 5) is 12.4. The van der Waals surface area contributed by atoms with Crippen LogP contribution in [0, 0.1) is 6.92 Å². The monoisotopic (exact) mass is 407 g/mol. The van der Waals surface area contributed by atoms with Gasteiger partial charge in [0.1, 0.15) is 18.1 Å². The lowest BCUT2D eigenvalue weighted by atomic mass is 10.0. The van der Waals surface area contributed by atoms with E-state index < -0.39 is 0 Å². The molecule has 0 radical (unpaired) electrons. The van der Waals surface area contributed by atoms with Crippen molar-refractivity contribution in [2.24, 2.45) is 0 Å². The minimum absolute atomic E-state index is 0.150. The molecule has 0 saturated carbocycles. The molecule has 0 bridgehead atoms. The number of amides is 1. The average molecular weight is 407 g/mol. The predicted molar refractivity (Wildman–Crippen MR) is 115 cm³/mol. The molecule has 3 rings (SSSR count). The first kappa shape index (κ1) is 21.1. The van der Waals surface area contributed by atoms with Crippen molar-refractivity contribution in [2.45, 2.75) is 26.7 Å². The smallest absolute Gasteiger partial charge is 0.263 e. The van der Waals surface area contributed by atoms with Crippen molar-refractivity contribution in [3.8, 4) is 22.8 Å². The second kappa shape index (κ2) is 9.73. The zero-order valence-corrected chi connectivity index (χ0v) is 17.3. The molecule has 2 aromatic carbocycles. The lowest BCUT2D eigenvalue weighted by Gasteiger charge is -2.12. The topological polar surface area (TPSA) is 86.5 Å². The van der Waals surface area contributed by atoms with E-state index in [-0.39, 0.29) is 18.3 Å². The standard InChI is InChI=1S/C23H25N3O4/c1-5-12-28-19-10-8-17(9-11-19)22-23(26-30-25-22)24-21(27)14-29-20-13-18(15(2)3)7-6-16(20)4/h5-11,13,15H,1,12,14H2,2-4H3,(H,24,26,27). The molecule has 0 aliphatic rings. The quantitative estimate of drug-likeness (QED) is 0.515. The molecule has 3 aromatic rings. The van der Waals surface area contributed by atoms with Crippen LogP contribution in [0.3, 0.4) is 0 Å². The van der Waals surface area contributed by atoms with Gasteiger partial charge in [-0.25, -0.2) is 4.63 Å². The summed E-state index contributed by atoms with van der Waals surface area (Å²) in [6.45, 7) is 10.1. The Morgan fingerprint density at radius 2 is 1.93 bits per heavy atom. The van der Waals surface area contributed by atoms with E-state index in [2.05, 4.69) is 42.1 Å². The van der Waals surface area contributed by atoms with Crippen molar-refractivity contribution in [2.75, 3.05) is 18.5 Å². The fraction of sp³-hybridized carbons (Fsp3) is 0.261. The first-order chi connectivity index (χ1) is 14.5. The molecule has 7 nitrogen and oxygen atoms in total. The van der Waals surface area contributed by atoms with Gasteiger partial charge in [0.05, 0.1) is 0 Å². The van der Waals surface area contributed by atoms with Gasteiger partial charge in [-0.3, -0.25) is 4.79 Å². The molecule has 0 aliphatic heterocycles. The number of hydrogen-bond acceptors (Lipinski definition) is 6. The number of nitrogens with zero attached hydrogens (tertiary/aromatic N) is 2. The molecule has 156 valence electrons. The van der Waals surface area contributed by atoms with E-state index in [1.807, 2.05) is 31.2 Å². The van der Waals surface area contributed by atoms with Gasteiger partial charge in [-0.2, -0.15) is 0 Å². The molecule has 0 unspecified atom stereocenters. The summed E-state index contributed by atoms with van der Waals surface area (Å²) in [5, 5.41) is 10.4. The van der Waals surface area contributed by atoms with Gasteiger partial charge in [0.25, 0.3) is 5.91 Å². The molecule has 1 amide bonds. The van der Waals surface area contributed by atoms with Crippen molar-refractivity contribution < 1.29 is 18.9 Å². The summed E-state index contributed by atoms with van der Waals surface area (Å²) in [6.07, 6.45) is 1.67. The summed E-state index contributed by atoms with van der Waals surface area (Å²) in [6, 6.07) is 13.2. The number of benzene rings is 2. The van der Waals surface area contributed by atoms with Crippen LogP contribution in [0.25, 0.3) is 11.3 Å². The molecular formula is C23H25N3O4. The molecule has 0 fully saturated rings. The largest absolute Gasteiger partial charge is 0.490 e. The number of nitrogens with one attached hydrogen (secondary N) is 1. The highest BCUT2D eigenvalue weighted by atomic mass is 16.6. The Morgan fingerprint density at radius 1 is 1.17 bits per heavy atom. The minimum atomic E-state index is -0.354. The van der Waals surface area contributed by atoms with E-state index in [9.17, 15) is 4.79 Å². The van der Waals surface area contributed by atoms with Crippen LogP contribution in [0.2, 0.25) is 0 Å². The van der Waals surface area contributed by atoms with Crippen molar-refractivity contribution in [3.05, 3.63) is 66.2 Å². The Morgan fingerprint density at radius 3 is 2.63 bits per heavy atom. The third-order valence-electron chi connectivity index (χ3n) is 4.48. The van der Waals surface area contributed by atoms with E-state index in [0.29, 0.717) is 29.7 Å². The Balaban J connectivity index is 1.64. The van der Waals surface area contributed by atoms with Crippen LogP contribution in [0.1, 0.15) is 30.9 Å². The second-order valence-corrected chi connectivity index (χ2v) is 7.10. The maximum atomic E-state index is 12.4. The third-order valence-corrected chi connectivity index (χ3v) is 4.48. The van der Waals surface area contributed by atoms with Gasteiger partial charge in [0.2, 0.25) is 5.82 Å². The van der Waals surface area contributed by atoms with Crippen LogP contribution in [0.4, 0.5) is 5.82 Å². The Kier molecular flexibility index (Phi) is 6.85. The first-order valence-electron chi connectivity index (χ1n) is 9.67. The number of anilines is 1. The van der Waals surface area contributed by atoms with Crippen LogP contribution in [-0.4, -0.2) is 29.4 Å². The van der Waals surface area contributed by atoms with Crippen LogP contribution >= 0.6 is 0 Å². The van der Waals surface area contributed by atoms with E-state index in [1.54, 1.807) is 18.2 Å². The van der Waals surface area contributed by atoms with Crippen LogP contribution in [0.15, 0.2) is 59.7 Å². The average Bonchev–Trinajstić information content (AvgIpc) is 3.19. The molecule has 1 aromatic heterocycles. The number of carbonyl (C=O) groups excluding carboxylic acids is 1. The van der Waals surface area contributed by atoms with Crippen molar-refractivity contribution in [3.63, 3.8) is 0 Å². The van der Waals surface area contributed by atoms with Crippen LogP contribution < -0.4 is 14.8 Å². The second-order valence-electron chi connectivity index (χ2n) is 7.10. The Bertz CT molecular complexity index is 1010. The van der Waals surface area contributed by atoms with Crippen molar-refractivity contribution in [1.82, 2.24) is 10.3 Å². The molecule has 0 atom stereocenters. The molecule has 1 N–H and O–H groups in total. The summed E-state index contributed by atoms with van der Waals surface area (Å²) in [5.74, 6) is 1.64. The zero-order chi connectivity index (χ0) is 21.5. The first-order valence-corrected chi connectivity index (χ1v) is 9.67. The third kappa shape index (κ3) is 5.26. The van der Waals surface area contributed by atoms with Gasteiger partial charge in [-0.1, -0.05) is 38.6 Å². The lowest BCUT2D eigenvalue weighted by Crippen LogP contribution is -2.21. The summed E-state index contributed by atoms with van der Waals surface area (Å²) >= 11 is 0. The zero-order valence-electron chi connectivity index (χ0n) is 17.3. The highest BCUT2D eigenvalue weighted by Crippen LogP contribution is 2.27. The van der Waals surface area contributed by atoms with E-state index in [1.165, 1.54) is 0 Å². The summed E-state index contributed by atoms with van der Waals surface area (Å²) < 4.78 is 16.0. The fourth-order valence-corrected chi connectivity index (χ4v) is 2.77. The summed E-state index contributed by atoms with van der Waals surface area (Å²) in [5.41, 5.74) is 3.28. The van der Waals surface area contributed by atoms with Gasteiger partial charge in [-0.05, 0) is 64.6 Å². The minimum Gasteiger partial charge on any atom is -0.490 e. The SMILES string of the molecule is C=CCOc1ccc(-c2nonc2NC(=O)COc2cc(C(C)C)ccc2C)cc1. The molecule has 0 spiro atoms. The van der Waals surface area contributed by atoms with Gasteiger partial charge < -0.3 is 14.8 Å². The maximum absolute atomic E-state index is 12.4. The highest BCUT2D eigenvalue weighted by molar-refractivity contribution is 5.94. The van der Waals surface area contributed by atoms with Gasteiger partial charge in [0, 0.05) is 5.56 Å². The van der Waals surface area contributed by atoms with Crippen molar-refractivity contribution in [1.29, 1.82) is 0 Å². The number of carbonyl (C=O) groups is 1. The number of ether oxygens (including phenoxy) is 2. The Labute approximate surface area is 175 Å². The highest BCUT2D eigenvalue weighted by Gasteiger charge is 2.16. The number of hydrogen-bond donors (Lipinski definition) is 1. The number of aromatic nitrogens is 2. The number of rotatable bonds is 9. The molecule has 1 heterocycles. The molecule has 0 aliphatic carbocycles. The predicted octanol–water partition coefficient (Wildman–Crippen LogP) is 4.75. The van der Waals surface area contributed by atoms with Gasteiger partial charge in [-0.15, -0.1) is 0 Å². The Hall–Kier alpha value is -3.61. The molecule has 0 saturated heterocycles. The molecular weight excluding hydrogens is 382 g/mol. The lowest BCUT2D eigenvalue weighted by molar-refractivity contribution is -0.118. The van der Waals surface area contributed by atoms with Crippen molar-refractivity contribution >= 4 is 11.7 Å². The van der Waals surface area contributed by atoms with Gasteiger partial charge >= 0.3 is 0 Å². The van der Waals surface area contributed by atoms with Crippen LogP contribution in [-0.2, 0) is 4.79 Å². The van der Waals surface area contributed by atoms with E-state index in [4.69, 9.17) is 14.1 Å². The number of aryl methyl sites for hydroxylation is 1. The molecule has 30 heavy (non-hydrogen) atoms. The normalized spacial score (nSPS) is 10.7. The molecule has 7 heteroatoms. The van der Waals surface area contributed by atoms with Gasteiger partial charge in [0.15, 0.2) is 12.3 Å². The van der Waals surface area contributed by atoms with Crippen LogP contribution in [0.5, 0.6) is 11.5 Å². The van der Waals surface area contributed by atoms with E-state index >= 15 is 0 Å². The summed E-state index contributed by atoms with van der Waals surface area (Å²) in [7, 11) is 0. The fourth-order valence-electron chi connectivity index (χ4n) is 2.77. The maximum Gasteiger partial charge on any atom is 0.263 e. The van der Waals surface area contributed by atoms with E-state index in [0.717, 1.165) is 16.7 Å².